The van der Waals surface area contributed by atoms with E-state index in [4.69, 9.17) is 4.42 Å². The summed E-state index contributed by atoms with van der Waals surface area (Å²) in [6.45, 7) is 7.42. The van der Waals surface area contributed by atoms with Crippen molar-refractivity contribution in [2.45, 2.75) is 32.7 Å². The second-order valence-electron chi connectivity index (χ2n) is 6.86. The van der Waals surface area contributed by atoms with Gasteiger partial charge in [-0.1, -0.05) is 19.1 Å². The van der Waals surface area contributed by atoms with Crippen molar-refractivity contribution in [3.05, 3.63) is 59.3 Å². The maximum Gasteiger partial charge on any atom is 0.237 e. The number of amides is 1. The van der Waals surface area contributed by atoms with Crippen LogP contribution in [0.15, 0.2) is 40.8 Å². The van der Waals surface area contributed by atoms with E-state index in [9.17, 15) is 9.18 Å². The Hall–Kier alpha value is -2.14. The van der Waals surface area contributed by atoms with Gasteiger partial charge in [-0.3, -0.25) is 9.69 Å². The van der Waals surface area contributed by atoms with Crippen LogP contribution in [0.25, 0.3) is 0 Å². The number of rotatable bonds is 6. The summed E-state index contributed by atoms with van der Waals surface area (Å²) in [7, 11) is 0. The molecule has 0 unspecified atom stereocenters. The van der Waals surface area contributed by atoms with Crippen molar-refractivity contribution in [1.82, 2.24) is 9.80 Å². The first kappa shape index (κ1) is 17.7. The highest BCUT2D eigenvalue weighted by Gasteiger charge is 2.24. The van der Waals surface area contributed by atoms with Gasteiger partial charge in [-0.25, -0.2) is 4.39 Å². The Morgan fingerprint density at radius 1 is 1.24 bits per heavy atom. The number of carbonyl (C=O) groups is 1. The Bertz CT molecular complexity index is 728. The van der Waals surface area contributed by atoms with E-state index in [2.05, 4.69) is 11.8 Å². The second kappa shape index (κ2) is 7.83. The van der Waals surface area contributed by atoms with E-state index >= 15 is 0 Å². The van der Waals surface area contributed by atoms with E-state index in [-0.39, 0.29) is 11.7 Å². The minimum Gasteiger partial charge on any atom is -0.466 e. The summed E-state index contributed by atoms with van der Waals surface area (Å²) in [4.78, 5) is 16.4. The lowest BCUT2D eigenvalue weighted by Crippen LogP contribution is -2.50. The molecule has 0 N–H and O–H groups in total. The van der Waals surface area contributed by atoms with E-state index in [1.165, 1.54) is 12.1 Å². The van der Waals surface area contributed by atoms with Gasteiger partial charge in [0.1, 0.15) is 17.3 Å². The average molecular weight is 344 g/mol. The Morgan fingerprint density at radius 2 is 2.08 bits per heavy atom. The highest BCUT2D eigenvalue weighted by atomic mass is 19.1. The molecule has 0 aliphatic carbocycles. The monoisotopic (exact) mass is 344 g/mol. The molecular formula is C20H25FN2O2. The van der Waals surface area contributed by atoms with Crippen LogP contribution >= 0.6 is 0 Å². The lowest BCUT2D eigenvalue weighted by atomic mass is 10.0. The molecule has 1 atom stereocenters. The van der Waals surface area contributed by atoms with Crippen LogP contribution in [0.5, 0.6) is 0 Å². The Kier molecular flexibility index (Phi) is 5.53. The van der Waals surface area contributed by atoms with E-state index < -0.39 is 0 Å². The molecule has 4 nitrogen and oxygen atoms in total. The second-order valence-corrected chi connectivity index (χ2v) is 6.86. The van der Waals surface area contributed by atoms with Crippen LogP contribution in [0.3, 0.4) is 0 Å². The van der Waals surface area contributed by atoms with Crippen molar-refractivity contribution in [2.75, 3.05) is 26.2 Å². The summed E-state index contributed by atoms with van der Waals surface area (Å²) in [5, 5.41) is 0. The summed E-state index contributed by atoms with van der Waals surface area (Å²) in [5.41, 5.74) is 0.837. The average Bonchev–Trinajstić information content (AvgIpc) is 3.01. The maximum atomic E-state index is 13.3. The zero-order valence-corrected chi connectivity index (χ0v) is 14.9. The van der Waals surface area contributed by atoms with Crippen LogP contribution in [-0.4, -0.2) is 41.9 Å². The topological polar surface area (TPSA) is 36.7 Å². The SMILES string of the molecule is Cc1ccc([C@@H](C)CCN2CCN(Cc3cccc(F)c3)C(=O)C2)o1. The molecule has 134 valence electrons. The molecule has 0 radical (unpaired) electrons. The van der Waals surface area contributed by atoms with Gasteiger partial charge in [0.15, 0.2) is 0 Å². The predicted molar refractivity (Wildman–Crippen MR) is 94.7 cm³/mol. The molecule has 1 aromatic heterocycles. The normalized spacial score (nSPS) is 17.1. The lowest BCUT2D eigenvalue weighted by Gasteiger charge is -2.34. The number of furan rings is 1. The van der Waals surface area contributed by atoms with Gasteiger partial charge in [-0.15, -0.1) is 0 Å². The third-order valence-corrected chi connectivity index (χ3v) is 4.79. The molecule has 0 spiro atoms. The van der Waals surface area contributed by atoms with Crippen LogP contribution in [0, 0.1) is 12.7 Å². The number of hydrogen-bond donors (Lipinski definition) is 0. The fraction of sp³-hybridized carbons (Fsp3) is 0.450. The maximum absolute atomic E-state index is 13.3. The Balaban J connectivity index is 1.47. The lowest BCUT2D eigenvalue weighted by molar-refractivity contribution is -0.136. The number of piperazine rings is 1. The molecule has 3 rings (SSSR count). The van der Waals surface area contributed by atoms with Crippen LogP contribution in [0.2, 0.25) is 0 Å². The predicted octanol–water partition coefficient (Wildman–Crippen LogP) is 3.57. The van der Waals surface area contributed by atoms with E-state index in [0.717, 1.165) is 36.6 Å². The molecule has 1 aliphatic rings. The fourth-order valence-electron chi connectivity index (χ4n) is 3.21. The molecule has 5 heteroatoms. The Labute approximate surface area is 148 Å². The van der Waals surface area contributed by atoms with Crippen molar-refractivity contribution in [1.29, 1.82) is 0 Å². The summed E-state index contributed by atoms with van der Waals surface area (Å²) < 4.78 is 19.0. The molecule has 25 heavy (non-hydrogen) atoms. The molecule has 2 heterocycles. The van der Waals surface area contributed by atoms with Crippen LogP contribution in [-0.2, 0) is 11.3 Å². The van der Waals surface area contributed by atoms with Crippen molar-refractivity contribution in [3.8, 4) is 0 Å². The minimum atomic E-state index is -0.259. The fourth-order valence-corrected chi connectivity index (χ4v) is 3.21. The molecular weight excluding hydrogens is 319 g/mol. The summed E-state index contributed by atoms with van der Waals surface area (Å²) in [5.74, 6) is 2.13. The number of aryl methyl sites for hydroxylation is 1. The van der Waals surface area contributed by atoms with Crippen LogP contribution in [0.4, 0.5) is 4.39 Å². The molecule has 1 fully saturated rings. The van der Waals surface area contributed by atoms with Gasteiger partial charge in [0, 0.05) is 25.6 Å². The highest BCUT2D eigenvalue weighted by Crippen LogP contribution is 2.22. The number of nitrogens with zero attached hydrogens (tertiary/aromatic N) is 2. The quantitative estimate of drug-likeness (QED) is 0.804. The standard InChI is InChI=1S/C20H25FN2O2/c1-15(19-7-6-16(2)25-19)8-9-22-10-11-23(20(24)14-22)13-17-4-3-5-18(21)12-17/h3-7,12,15H,8-11,13-14H2,1-2H3/t15-/m0/s1. The van der Waals surface area contributed by atoms with Crippen molar-refractivity contribution < 1.29 is 13.6 Å². The number of benzene rings is 1. The molecule has 1 amide bonds. The minimum absolute atomic E-state index is 0.108. The van der Waals surface area contributed by atoms with E-state index in [1.807, 2.05) is 30.0 Å². The molecule has 0 bridgehead atoms. The highest BCUT2D eigenvalue weighted by molar-refractivity contribution is 5.79. The van der Waals surface area contributed by atoms with Crippen LogP contribution < -0.4 is 0 Å². The van der Waals surface area contributed by atoms with Gasteiger partial charge in [0.2, 0.25) is 5.91 Å². The van der Waals surface area contributed by atoms with Crippen molar-refractivity contribution in [2.24, 2.45) is 0 Å². The van der Waals surface area contributed by atoms with Gasteiger partial charge >= 0.3 is 0 Å². The Morgan fingerprint density at radius 3 is 2.76 bits per heavy atom. The van der Waals surface area contributed by atoms with Gasteiger partial charge in [0.05, 0.1) is 6.54 Å². The molecule has 1 aliphatic heterocycles. The van der Waals surface area contributed by atoms with Gasteiger partial charge in [-0.2, -0.15) is 0 Å². The summed E-state index contributed by atoms with van der Waals surface area (Å²) in [6, 6.07) is 10.5. The van der Waals surface area contributed by atoms with Crippen molar-refractivity contribution in [3.63, 3.8) is 0 Å². The molecule has 0 saturated carbocycles. The van der Waals surface area contributed by atoms with Gasteiger partial charge < -0.3 is 9.32 Å². The van der Waals surface area contributed by atoms with Crippen molar-refractivity contribution >= 4 is 5.91 Å². The molecule has 1 saturated heterocycles. The summed E-state index contributed by atoms with van der Waals surface area (Å²) >= 11 is 0. The first-order valence-corrected chi connectivity index (χ1v) is 8.82. The van der Waals surface area contributed by atoms with E-state index in [1.54, 1.807) is 6.07 Å². The van der Waals surface area contributed by atoms with Gasteiger partial charge in [0.25, 0.3) is 0 Å². The zero-order chi connectivity index (χ0) is 17.8. The molecule has 2 aromatic rings. The number of hydrogen-bond acceptors (Lipinski definition) is 3. The summed E-state index contributed by atoms with van der Waals surface area (Å²) in [6.07, 6.45) is 0.962. The first-order chi connectivity index (χ1) is 12.0. The van der Waals surface area contributed by atoms with Gasteiger partial charge in [-0.05, 0) is 49.7 Å². The first-order valence-electron chi connectivity index (χ1n) is 8.82. The third kappa shape index (κ3) is 4.69. The smallest absolute Gasteiger partial charge is 0.237 e. The largest absolute Gasteiger partial charge is 0.466 e. The number of halogens is 1. The zero-order valence-electron chi connectivity index (χ0n) is 14.9. The van der Waals surface area contributed by atoms with E-state index in [0.29, 0.717) is 25.6 Å². The molecule has 1 aromatic carbocycles. The van der Waals surface area contributed by atoms with Crippen LogP contribution in [0.1, 0.15) is 36.3 Å². The third-order valence-electron chi connectivity index (χ3n) is 4.79. The number of carbonyl (C=O) groups excluding carboxylic acids is 1.